The number of thioether (sulfide) groups is 1. The van der Waals surface area contributed by atoms with Crippen molar-refractivity contribution in [1.29, 1.82) is 0 Å². The number of esters is 1. The highest BCUT2D eigenvalue weighted by atomic mass is 32.2. The first-order valence-electron chi connectivity index (χ1n) is 7.52. The van der Waals surface area contributed by atoms with Gasteiger partial charge in [-0.3, -0.25) is 10.1 Å². The van der Waals surface area contributed by atoms with Crippen LogP contribution in [0.5, 0.6) is 0 Å². The molecule has 25 heavy (non-hydrogen) atoms. The summed E-state index contributed by atoms with van der Waals surface area (Å²) in [5, 5.41) is 13.6. The molecule has 138 valence electrons. The number of nitrogens with one attached hydrogen (secondary N) is 1. The third-order valence-electron chi connectivity index (χ3n) is 2.60. The van der Waals surface area contributed by atoms with Crippen LogP contribution in [0.4, 0.5) is 10.5 Å². The van der Waals surface area contributed by atoms with Crippen LogP contribution < -0.4 is 5.32 Å². The quantitative estimate of drug-likeness (QED) is 0.336. The van der Waals surface area contributed by atoms with Crippen molar-refractivity contribution in [1.82, 2.24) is 10.3 Å². The molecule has 0 aromatic carbocycles. The van der Waals surface area contributed by atoms with E-state index in [1.165, 1.54) is 18.3 Å². The number of carbonyl (C=O) groups excluding carboxylic acids is 2. The molecule has 0 bridgehead atoms. The molecule has 0 fully saturated rings. The molecule has 0 aliphatic heterocycles. The Hall–Kier alpha value is -2.36. The van der Waals surface area contributed by atoms with E-state index in [0.717, 1.165) is 11.8 Å². The van der Waals surface area contributed by atoms with Gasteiger partial charge in [0.15, 0.2) is 5.03 Å². The van der Waals surface area contributed by atoms with Gasteiger partial charge in [0, 0.05) is 18.0 Å². The number of rotatable bonds is 7. The molecule has 9 nitrogen and oxygen atoms in total. The molecule has 0 saturated carbocycles. The maximum Gasteiger partial charge on any atom is 0.408 e. The molecule has 0 spiro atoms. The van der Waals surface area contributed by atoms with Gasteiger partial charge in [-0.2, -0.15) is 0 Å². The standard InChI is InChI=1S/C15H21N3O6S/c1-5-23-13(19)10(17-14(20)24-15(2,3)4)9-25-12-11(18(21)22)7-6-8-16-12/h6-8,10H,5,9H2,1-4H3,(H,17,20)/t10-/m1/s1. The topological polar surface area (TPSA) is 121 Å². The molecule has 0 aliphatic carbocycles. The van der Waals surface area contributed by atoms with E-state index in [1.807, 2.05) is 0 Å². The van der Waals surface area contributed by atoms with Crippen LogP contribution in [0.15, 0.2) is 23.4 Å². The summed E-state index contributed by atoms with van der Waals surface area (Å²) in [7, 11) is 0. The molecule has 1 heterocycles. The van der Waals surface area contributed by atoms with Gasteiger partial charge in [-0.15, -0.1) is 0 Å². The second kappa shape index (κ2) is 9.21. The summed E-state index contributed by atoms with van der Waals surface area (Å²) < 4.78 is 10.0. The van der Waals surface area contributed by atoms with E-state index in [1.54, 1.807) is 27.7 Å². The molecular weight excluding hydrogens is 350 g/mol. The van der Waals surface area contributed by atoms with E-state index in [4.69, 9.17) is 9.47 Å². The Labute approximate surface area is 149 Å². The lowest BCUT2D eigenvalue weighted by molar-refractivity contribution is -0.388. The van der Waals surface area contributed by atoms with Crippen molar-refractivity contribution < 1.29 is 24.0 Å². The Kier molecular flexibility index (Phi) is 7.62. The molecule has 0 radical (unpaired) electrons. The molecule has 1 rings (SSSR count). The number of hydrogen-bond acceptors (Lipinski definition) is 8. The highest BCUT2D eigenvalue weighted by Gasteiger charge is 2.27. The smallest absolute Gasteiger partial charge is 0.408 e. The van der Waals surface area contributed by atoms with Crippen molar-refractivity contribution in [3.63, 3.8) is 0 Å². The normalized spacial score (nSPS) is 12.2. The number of aromatic nitrogens is 1. The zero-order chi connectivity index (χ0) is 19.0. The van der Waals surface area contributed by atoms with Crippen molar-refractivity contribution >= 4 is 29.5 Å². The molecule has 0 saturated heterocycles. The summed E-state index contributed by atoms with van der Waals surface area (Å²) in [6.07, 6.45) is 0.636. The fraction of sp³-hybridized carbons (Fsp3) is 0.533. The van der Waals surface area contributed by atoms with Gasteiger partial charge in [0.25, 0.3) is 0 Å². The predicted octanol–water partition coefficient (Wildman–Crippen LogP) is 2.54. The van der Waals surface area contributed by atoms with Crippen molar-refractivity contribution in [3.05, 3.63) is 28.4 Å². The number of alkyl carbamates (subject to hydrolysis) is 1. The van der Waals surface area contributed by atoms with Gasteiger partial charge in [0.05, 0.1) is 11.5 Å². The van der Waals surface area contributed by atoms with Gasteiger partial charge in [-0.1, -0.05) is 11.8 Å². The van der Waals surface area contributed by atoms with Gasteiger partial charge in [0.2, 0.25) is 0 Å². The largest absolute Gasteiger partial charge is 0.464 e. The number of amides is 1. The van der Waals surface area contributed by atoms with Crippen LogP contribution >= 0.6 is 11.8 Å². The van der Waals surface area contributed by atoms with E-state index in [0.29, 0.717) is 0 Å². The Morgan fingerprint density at radius 1 is 1.44 bits per heavy atom. The van der Waals surface area contributed by atoms with Crippen molar-refractivity contribution in [2.75, 3.05) is 12.4 Å². The van der Waals surface area contributed by atoms with Crippen LogP contribution in [0.1, 0.15) is 27.7 Å². The summed E-state index contributed by atoms with van der Waals surface area (Å²) >= 11 is 0.974. The first-order chi connectivity index (χ1) is 11.6. The average Bonchev–Trinajstić information content (AvgIpc) is 2.50. The third kappa shape index (κ3) is 7.38. The SMILES string of the molecule is CCOC(=O)[C@@H](CSc1ncccc1[N+](=O)[O-])NC(=O)OC(C)(C)C. The fourth-order valence-electron chi connectivity index (χ4n) is 1.66. The van der Waals surface area contributed by atoms with Crippen molar-refractivity contribution in [3.8, 4) is 0 Å². The summed E-state index contributed by atoms with van der Waals surface area (Å²) in [6, 6.07) is 1.74. The van der Waals surface area contributed by atoms with Crippen LogP contribution in [0.3, 0.4) is 0 Å². The molecule has 1 N–H and O–H groups in total. The molecule has 10 heteroatoms. The van der Waals surface area contributed by atoms with Gasteiger partial charge in [-0.05, 0) is 33.8 Å². The molecular formula is C15H21N3O6S. The zero-order valence-corrected chi connectivity index (χ0v) is 15.3. The summed E-state index contributed by atoms with van der Waals surface area (Å²) in [5.41, 5.74) is -0.900. The Bertz CT molecular complexity index is 632. The Morgan fingerprint density at radius 3 is 2.68 bits per heavy atom. The van der Waals surface area contributed by atoms with Crippen molar-refractivity contribution in [2.24, 2.45) is 0 Å². The van der Waals surface area contributed by atoms with E-state index in [9.17, 15) is 19.7 Å². The molecule has 1 amide bonds. The molecule has 0 aliphatic rings. The van der Waals surface area contributed by atoms with Crippen LogP contribution in [0.2, 0.25) is 0 Å². The number of ether oxygens (including phenoxy) is 2. The summed E-state index contributed by atoms with van der Waals surface area (Å²) in [6.45, 7) is 6.85. The second-order valence-corrected chi connectivity index (χ2v) is 6.86. The number of nitro groups is 1. The number of carbonyl (C=O) groups is 2. The number of pyridine rings is 1. The van der Waals surface area contributed by atoms with E-state index >= 15 is 0 Å². The number of nitrogens with zero attached hydrogens (tertiary/aromatic N) is 2. The fourth-order valence-corrected chi connectivity index (χ4v) is 2.63. The Balaban J connectivity index is 2.83. The van der Waals surface area contributed by atoms with Crippen LogP contribution in [0, 0.1) is 10.1 Å². The lowest BCUT2D eigenvalue weighted by atomic mass is 10.2. The predicted molar refractivity (Wildman–Crippen MR) is 91.4 cm³/mol. The van der Waals surface area contributed by atoms with Gasteiger partial charge in [0.1, 0.15) is 11.6 Å². The van der Waals surface area contributed by atoms with Crippen LogP contribution in [-0.2, 0) is 14.3 Å². The summed E-state index contributed by atoms with van der Waals surface area (Å²) in [5.74, 6) is -0.643. The monoisotopic (exact) mass is 371 g/mol. The second-order valence-electron chi connectivity index (χ2n) is 5.85. The molecule has 1 aromatic heterocycles. The van der Waals surface area contributed by atoms with E-state index in [-0.39, 0.29) is 23.1 Å². The van der Waals surface area contributed by atoms with Gasteiger partial charge >= 0.3 is 17.7 Å². The van der Waals surface area contributed by atoms with Crippen molar-refractivity contribution in [2.45, 2.75) is 44.4 Å². The zero-order valence-electron chi connectivity index (χ0n) is 14.5. The minimum absolute atomic E-state index is 0.00985. The number of hydrogen-bond donors (Lipinski definition) is 1. The van der Waals surface area contributed by atoms with Crippen LogP contribution in [-0.4, -0.2) is 46.0 Å². The first kappa shape index (κ1) is 20.7. The lowest BCUT2D eigenvalue weighted by Gasteiger charge is -2.22. The first-order valence-corrected chi connectivity index (χ1v) is 8.51. The maximum absolute atomic E-state index is 12.0. The highest BCUT2D eigenvalue weighted by Crippen LogP contribution is 2.26. The molecule has 0 unspecified atom stereocenters. The minimum atomic E-state index is -1.03. The maximum atomic E-state index is 12.0. The summed E-state index contributed by atoms with van der Waals surface area (Å²) in [4.78, 5) is 38.3. The van der Waals surface area contributed by atoms with Gasteiger partial charge in [-0.25, -0.2) is 14.6 Å². The average molecular weight is 371 g/mol. The Morgan fingerprint density at radius 2 is 2.12 bits per heavy atom. The van der Waals surface area contributed by atoms with Crippen LogP contribution in [0.25, 0.3) is 0 Å². The lowest BCUT2D eigenvalue weighted by Crippen LogP contribution is -2.45. The minimum Gasteiger partial charge on any atom is -0.464 e. The van der Waals surface area contributed by atoms with E-state index < -0.39 is 28.6 Å². The highest BCUT2D eigenvalue weighted by molar-refractivity contribution is 7.99. The third-order valence-corrected chi connectivity index (χ3v) is 3.68. The van der Waals surface area contributed by atoms with Gasteiger partial charge < -0.3 is 14.8 Å². The van der Waals surface area contributed by atoms with E-state index in [2.05, 4.69) is 10.3 Å². The molecule has 1 aromatic rings. The molecule has 1 atom stereocenters.